The fourth-order valence-electron chi connectivity index (χ4n) is 2.91. The minimum atomic E-state index is -0.158. The lowest BCUT2D eigenvalue weighted by atomic mass is 10.0. The Kier molecular flexibility index (Phi) is 4.25. The Morgan fingerprint density at radius 2 is 1.96 bits per heavy atom. The van der Waals surface area contributed by atoms with Gasteiger partial charge in [0.05, 0.1) is 19.2 Å². The van der Waals surface area contributed by atoms with Crippen molar-refractivity contribution in [2.24, 2.45) is 0 Å². The molecule has 0 fully saturated rings. The van der Waals surface area contributed by atoms with Crippen LogP contribution in [0.1, 0.15) is 22.4 Å². The molecule has 0 saturated carbocycles. The number of anilines is 1. The van der Waals surface area contributed by atoms with E-state index in [-0.39, 0.29) is 12.3 Å². The number of rotatable bonds is 4. The van der Waals surface area contributed by atoms with E-state index in [0.717, 1.165) is 22.1 Å². The Hall–Kier alpha value is -2.82. The minimum Gasteiger partial charge on any atom is -0.495 e. The molecular formula is C19H20N2O3. The Labute approximate surface area is 140 Å². The summed E-state index contributed by atoms with van der Waals surface area (Å²) in [4.78, 5) is 12.4. The first-order valence-electron chi connectivity index (χ1n) is 7.78. The van der Waals surface area contributed by atoms with Crippen LogP contribution >= 0.6 is 0 Å². The van der Waals surface area contributed by atoms with E-state index in [1.807, 2.05) is 45.0 Å². The van der Waals surface area contributed by atoms with E-state index < -0.39 is 0 Å². The summed E-state index contributed by atoms with van der Waals surface area (Å²) in [6.07, 6.45) is 0.147. The molecule has 5 heteroatoms. The van der Waals surface area contributed by atoms with E-state index in [9.17, 15) is 4.79 Å². The summed E-state index contributed by atoms with van der Waals surface area (Å²) >= 11 is 0. The van der Waals surface area contributed by atoms with Crippen LogP contribution in [-0.4, -0.2) is 18.2 Å². The van der Waals surface area contributed by atoms with Gasteiger partial charge in [-0.2, -0.15) is 0 Å². The van der Waals surface area contributed by atoms with Crippen LogP contribution in [0.15, 0.2) is 34.9 Å². The van der Waals surface area contributed by atoms with Gasteiger partial charge in [-0.15, -0.1) is 0 Å². The second-order valence-corrected chi connectivity index (χ2v) is 6.01. The summed E-state index contributed by atoms with van der Waals surface area (Å²) in [5, 5.41) is 7.87. The highest BCUT2D eigenvalue weighted by Crippen LogP contribution is 2.27. The Balaban J connectivity index is 1.85. The van der Waals surface area contributed by atoms with Gasteiger partial charge in [-0.25, -0.2) is 0 Å². The number of amides is 1. The highest BCUT2D eigenvalue weighted by atomic mass is 16.5. The minimum absolute atomic E-state index is 0.147. The molecule has 0 aliphatic rings. The standard InChI is InChI=1S/C19H20N2O3/c1-11-5-6-16(23-4)14(8-11)20-18(22)10-15-19-13(3)7-12(2)9-17(19)24-21-15/h5-9H,10H2,1-4H3,(H,20,22). The monoisotopic (exact) mass is 324 g/mol. The average Bonchev–Trinajstić information content (AvgIpc) is 2.90. The van der Waals surface area contributed by atoms with Crippen molar-refractivity contribution in [1.29, 1.82) is 0 Å². The van der Waals surface area contributed by atoms with E-state index >= 15 is 0 Å². The topological polar surface area (TPSA) is 64.4 Å². The number of carbonyl (C=O) groups excluding carboxylic acids is 1. The molecule has 1 amide bonds. The van der Waals surface area contributed by atoms with Crippen molar-refractivity contribution < 1.29 is 14.1 Å². The van der Waals surface area contributed by atoms with Gasteiger partial charge in [0.2, 0.25) is 5.91 Å². The second-order valence-electron chi connectivity index (χ2n) is 6.01. The van der Waals surface area contributed by atoms with Gasteiger partial charge in [-0.1, -0.05) is 17.3 Å². The number of hydrogen-bond acceptors (Lipinski definition) is 4. The van der Waals surface area contributed by atoms with Gasteiger partial charge in [0.15, 0.2) is 5.58 Å². The molecule has 3 aromatic rings. The van der Waals surface area contributed by atoms with Crippen molar-refractivity contribution in [3.05, 3.63) is 52.7 Å². The first kappa shape index (κ1) is 16.1. The number of carbonyl (C=O) groups is 1. The normalized spacial score (nSPS) is 10.8. The van der Waals surface area contributed by atoms with Gasteiger partial charge < -0.3 is 14.6 Å². The third-order valence-electron chi connectivity index (χ3n) is 3.94. The molecule has 2 aromatic carbocycles. The van der Waals surface area contributed by atoms with Crippen molar-refractivity contribution in [3.8, 4) is 5.75 Å². The number of nitrogens with zero attached hydrogens (tertiary/aromatic N) is 1. The summed E-state index contributed by atoms with van der Waals surface area (Å²) in [5.74, 6) is 0.472. The van der Waals surface area contributed by atoms with E-state index in [4.69, 9.17) is 9.26 Å². The van der Waals surface area contributed by atoms with E-state index in [1.54, 1.807) is 7.11 Å². The molecule has 0 unspecified atom stereocenters. The highest BCUT2D eigenvalue weighted by molar-refractivity contribution is 5.96. The Bertz CT molecular complexity index is 912. The first-order chi connectivity index (χ1) is 11.5. The van der Waals surface area contributed by atoms with Crippen LogP contribution < -0.4 is 10.1 Å². The predicted molar refractivity (Wildman–Crippen MR) is 93.5 cm³/mol. The maximum absolute atomic E-state index is 12.4. The SMILES string of the molecule is COc1ccc(C)cc1NC(=O)Cc1noc2cc(C)cc(C)c12. The quantitative estimate of drug-likeness (QED) is 0.789. The summed E-state index contributed by atoms with van der Waals surface area (Å²) in [5.41, 5.74) is 5.22. The maximum atomic E-state index is 12.4. The molecule has 24 heavy (non-hydrogen) atoms. The third-order valence-corrected chi connectivity index (χ3v) is 3.94. The summed E-state index contributed by atoms with van der Waals surface area (Å²) in [6.45, 7) is 5.97. The summed E-state index contributed by atoms with van der Waals surface area (Å²) in [6, 6.07) is 9.64. The third kappa shape index (κ3) is 3.11. The number of fused-ring (bicyclic) bond motifs is 1. The number of benzene rings is 2. The molecule has 1 N–H and O–H groups in total. The van der Waals surface area contributed by atoms with Gasteiger partial charge in [0.1, 0.15) is 11.4 Å². The molecule has 0 aliphatic heterocycles. The number of aromatic nitrogens is 1. The van der Waals surface area contributed by atoms with Crippen LogP contribution in [0, 0.1) is 20.8 Å². The summed E-state index contributed by atoms with van der Waals surface area (Å²) < 4.78 is 10.7. The number of hydrogen-bond donors (Lipinski definition) is 1. The number of methoxy groups -OCH3 is 1. The lowest BCUT2D eigenvalue weighted by Gasteiger charge is -2.10. The molecule has 5 nitrogen and oxygen atoms in total. The van der Waals surface area contributed by atoms with Crippen LogP contribution in [0.3, 0.4) is 0 Å². The Morgan fingerprint density at radius 3 is 2.71 bits per heavy atom. The molecule has 1 aromatic heterocycles. The van der Waals surface area contributed by atoms with Gasteiger partial charge in [-0.05, 0) is 55.7 Å². The van der Waals surface area contributed by atoms with E-state index in [2.05, 4.69) is 16.5 Å². The molecule has 3 rings (SSSR count). The van der Waals surface area contributed by atoms with Crippen LogP contribution in [0.5, 0.6) is 5.75 Å². The lowest BCUT2D eigenvalue weighted by Crippen LogP contribution is -2.15. The van der Waals surface area contributed by atoms with Gasteiger partial charge >= 0.3 is 0 Å². The average molecular weight is 324 g/mol. The fourth-order valence-corrected chi connectivity index (χ4v) is 2.91. The predicted octanol–water partition coefficient (Wildman–Crippen LogP) is 3.94. The molecule has 1 heterocycles. The van der Waals surface area contributed by atoms with Crippen molar-refractivity contribution in [2.45, 2.75) is 27.2 Å². The van der Waals surface area contributed by atoms with Gasteiger partial charge in [0.25, 0.3) is 0 Å². The van der Waals surface area contributed by atoms with Crippen molar-refractivity contribution in [2.75, 3.05) is 12.4 Å². The number of ether oxygens (including phenoxy) is 1. The van der Waals surface area contributed by atoms with Crippen molar-refractivity contribution in [3.63, 3.8) is 0 Å². The summed E-state index contributed by atoms with van der Waals surface area (Å²) in [7, 11) is 1.58. The molecule has 0 radical (unpaired) electrons. The smallest absolute Gasteiger partial charge is 0.230 e. The van der Waals surface area contributed by atoms with Crippen LogP contribution in [0.4, 0.5) is 5.69 Å². The largest absolute Gasteiger partial charge is 0.495 e. The fraction of sp³-hybridized carbons (Fsp3) is 0.263. The van der Waals surface area contributed by atoms with Crippen LogP contribution in [0.25, 0.3) is 11.0 Å². The molecule has 0 atom stereocenters. The molecule has 0 bridgehead atoms. The zero-order chi connectivity index (χ0) is 17.3. The molecule has 124 valence electrons. The molecule has 0 saturated heterocycles. The van der Waals surface area contributed by atoms with E-state index in [1.165, 1.54) is 0 Å². The van der Waals surface area contributed by atoms with Gasteiger partial charge in [-0.3, -0.25) is 4.79 Å². The van der Waals surface area contributed by atoms with Gasteiger partial charge in [0, 0.05) is 5.39 Å². The number of nitrogens with one attached hydrogen (secondary N) is 1. The zero-order valence-corrected chi connectivity index (χ0v) is 14.3. The molecule has 0 spiro atoms. The first-order valence-corrected chi connectivity index (χ1v) is 7.78. The molecular weight excluding hydrogens is 304 g/mol. The Morgan fingerprint density at radius 1 is 1.17 bits per heavy atom. The zero-order valence-electron chi connectivity index (χ0n) is 14.3. The number of aryl methyl sites for hydroxylation is 3. The van der Waals surface area contributed by atoms with Crippen molar-refractivity contribution in [1.82, 2.24) is 5.16 Å². The second kappa shape index (κ2) is 6.35. The van der Waals surface area contributed by atoms with Crippen LogP contribution in [0.2, 0.25) is 0 Å². The van der Waals surface area contributed by atoms with E-state index in [0.29, 0.717) is 22.7 Å². The van der Waals surface area contributed by atoms with Crippen molar-refractivity contribution >= 4 is 22.6 Å². The highest BCUT2D eigenvalue weighted by Gasteiger charge is 2.16. The molecule has 0 aliphatic carbocycles. The van der Waals surface area contributed by atoms with Crippen LogP contribution in [-0.2, 0) is 11.2 Å². The lowest BCUT2D eigenvalue weighted by molar-refractivity contribution is -0.115. The maximum Gasteiger partial charge on any atom is 0.230 e.